The molecular formula is C7H9N. The second-order valence-electron chi connectivity index (χ2n) is 2.45. The van der Waals surface area contributed by atoms with Crippen LogP contribution in [0.5, 0.6) is 0 Å². The zero-order chi connectivity index (χ0) is 5.40. The summed E-state index contributed by atoms with van der Waals surface area (Å²) in [5.74, 6) is 1.43. The van der Waals surface area contributed by atoms with Gasteiger partial charge in [0.2, 0.25) is 0 Å². The highest BCUT2D eigenvalue weighted by Crippen LogP contribution is 2.22. The van der Waals surface area contributed by atoms with Gasteiger partial charge in [-0.1, -0.05) is 18.6 Å². The van der Waals surface area contributed by atoms with E-state index in [1.807, 2.05) is 0 Å². The van der Waals surface area contributed by atoms with Crippen LogP contribution in [0.3, 0.4) is 0 Å². The first kappa shape index (κ1) is 4.19. The molecule has 0 saturated heterocycles. The zero-order valence-electron chi connectivity index (χ0n) is 4.67. The lowest BCUT2D eigenvalue weighted by atomic mass is 10.0. The summed E-state index contributed by atoms with van der Waals surface area (Å²) in [5, 5.41) is 0. The summed E-state index contributed by atoms with van der Waals surface area (Å²) < 4.78 is 0. The molecule has 0 aromatic heterocycles. The molecule has 0 aromatic rings. The van der Waals surface area contributed by atoms with Crippen molar-refractivity contribution in [3.05, 3.63) is 18.7 Å². The lowest BCUT2D eigenvalue weighted by Gasteiger charge is -2.12. The lowest BCUT2D eigenvalue weighted by Crippen LogP contribution is -2.68. The maximum atomic E-state index is 3.13. The molecule has 2 bridgehead atoms. The predicted molar refractivity (Wildman–Crippen MR) is 32.1 cm³/mol. The van der Waals surface area contributed by atoms with Crippen molar-refractivity contribution >= 4 is 6.21 Å². The van der Waals surface area contributed by atoms with Gasteiger partial charge < -0.3 is 4.99 Å². The van der Waals surface area contributed by atoms with E-state index < -0.39 is 0 Å². The Kier molecular flexibility index (Phi) is 0.720. The van der Waals surface area contributed by atoms with Crippen molar-refractivity contribution in [2.24, 2.45) is 11.8 Å². The Hall–Kier alpha value is -0.720. The minimum absolute atomic E-state index is 0.713. The Morgan fingerprint density at radius 2 is 2.50 bits per heavy atom. The van der Waals surface area contributed by atoms with Crippen LogP contribution in [-0.2, 0) is 0 Å². The quantitative estimate of drug-likeness (QED) is 0.317. The highest BCUT2D eigenvalue weighted by Gasteiger charge is 2.17. The Labute approximate surface area is 49.1 Å². The molecule has 0 aromatic carbocycles. The molecule has 2 atom stereocenters. The number of hydrogen-bond acceptors (Lipinski definition) is 0. The molecule has 42 valence electrons. The van der Waals surface area contributed by atoms with Gasteiger partial charge in [-0.2, -0.15) is 0 Å². The number of fused-ring (bicyclic) bond motifs is 2. The molecule has 0 saturated carbocycles. The van der Waals surface area contributed by atoms with Crippen molar-refractivity contribution in [1.29, 1.82) is 0 Å². The van der Waals surface area contributed by atoms with Gasteiger partial charge in [0.1, 0.15) is 0 Å². The Bertz CT molecular complexity index is 144. The molecule has 0 amide bonds. The summed E-state index contributed by atoms with van der Waals surface area (Å²) in [5.41, 5.74) is 0. The topological polar surface area (TPSA) is 14.0 Å². The third-order valence-corrected chi connectivity index (χ3v) is 1.77. The van der Waals surface area contributed by atoms with Crippen LogP contribution in [0.4, 0.5) is 0 Å². The summed E-state index contributed by atoms with van der Waals surface area (Å²) in [6.07, 6.45) is 7.97. The van der Waals surface area contributed by atoms with E-state index >= 15 is 0 Å². The zero-order valence-corrected chi connectivity index (χ0v) is 4.67. The molecule has 1 aliphatic heterocycles. The summed E-state index contributed by atoms with van der Waals surface area (Å²) in [6, 6.07) is 0. The average Bonchev–Trinajstić information content (AvgIpc) is 2.12. The minimum Gasteiger partial charge on any atom is -0.381 e. The van der Waals surface area contributed by atoms with Gasteiger partial charge >= 0.3 is 0 Å². The second-order valence-corrected chi connectivity index (χ2v) is 2.45. The van der Waals surface area contributed by atoms with E-state index in [-0.39, 0.29) is 0 Å². The SMILES string of the molecule is C1=CC2[CH-][NH+]=CC1C2. The van der Waals surface area contributed by atoms with E-state index in [9.17, 15) is 0 Å². The fourth-order valence-electron chi connectivity index (χ4n) is 1.31. The molecule has 1 N–H and O–H groups in total. The Morgan fingerprint density at radius 1 is 1.50 bits per heavy atom. The van der Waals surface area contributed by atoms with Crippen LogP contribution in [0.2, 0.25) is 0 Å². The predicted octanol–water partition coefficient (Wildman–Crippen LogP) is -0.495. The van der Waals surface area contributed by atoms with Crippen LogP contribution in [-0.4, -0.2) is 6.21 Å². The molecule has 1 heteroatoms. The third kappa shape index (κ3) is 0.474. The first-order valence-corrected chi connectivity index (χ1v) is 3.06. The Balaban J connectivity index is 2.28. The highest BCUT2D eigenvalue weighted by molar-refractivity contribution is 5.59. The van der Waals surface area contributed by atoms with Gasteiger partial charge in [0.25, 0.3) is 0 Å². The first-order chi connectivity index (χ1) is 3.95. The average molecular weight is 107 g/mol. The second kappa shape index (κ2) is 1.38. The third-order valence-electron chi connectivity index (χ3n) is 1.77. The van der Waals surface area contributed by atoms with Crippen molar-refractivity contribution < 1.29 is 4.99 Å². The molecule has 0 radical (unpaired) electrons. The molecular weight excluding hydrogens is 98.1 g/mol. The fraction of sp³-hybridized carbons (Fsp3) is 0.429. The lowest BCUT2D eigenvalue weighted by molar-refractivity contribution is -0.417. The summed E-state index contributed by atoms with van der Waals surface area (Å²) in [4.78, 5) is 3.13. The van der Waals surface area contributed by atoms with E-state index in [1.165, 1.54) is 6.42 Å². The largest absolute Gasteiger partial charge is 0.381 e. The minimum atomic E-state index is 0.713. The van der Waals surface area contributed by atoms with Gasteiger partial charge in [-0.15, -0.1) is 0 Å². The number of hydrogen-bond donors (Lipinski definition) is 1. The van der Waals surface area contributed by atoms with Crippen molar-refractivity contribution in [2.45, 2.75) is 6.42 Å². The smallest absolute Gasteiger partial charge is 0.00851 e. The van der Waals surface area contributed by atoms with Gasteiger partial charge in [-0.05, 0) is 11.8 Å². The number of nitrogens with one attached hydrogen (secondary N) is 1. The van der Waals surface area contributed by atoms with Crippen LogP contribution < -0.4 is 4.99 Å². The number of rotatable bonds is 0. The Morgan fingerprint density at radius 3 is 3.25 bits per heavy atom. The van der Waals surface area contributed by atoms with E-state index in [1.54, 1.807) is 0 Å². The molecule has 1 heterocycles. The standard InChI is InChI=1S/C7H9N/c1-2-7-3-6(1)4-8-5-7/h1-2,4-8H,3H2. The fourth-order valence-corrected chi connectivity index (χ4v) is 1.31. The molecule has 2 aliphatic rings. The summed E-state index contributed by atoms with van der Waals surface area (Å²) in [6.45, 7) is 2.14. The molecule has 1 nitrogen and oxygen atoms in total. The first-order valence-electron chi connectivity index (χ1n) is 3.06. The molecule has 0 spiro atoms. The van der Waals surface area contributed by atoms with Gasteiger partial charge in [0.15, 0.2) is 0 Å². The van der Waals surface area contributed by atoms with Crippen molar-refractivity contribution in [3.63, 3.8) is 0 Å². The van der Waals surface area contributed by atoms with Gasteiger partial charge in [-0.3, -0.25) is 0 Å². The van der Waals surface area contributed by atoms with Crippen molar-refractivity contribution in [2.75, 3.05) is 0 Å². The van der Waals surface area contributed by atoms with E-state index in [4.69, 9.17) is 0 Å². The van der Waals surface area contributed by atoms with E-state index in [0.29, 0.717) is 11.8 Å². The summed E-state index contributed by atoms with van der Waals surface area (Å²) >= 11 is 0. The van der Waals surface area contributed by atoms with Crippen LogP contribution in [0.15, 0.2) is 12.2 Å². The van der Waals surface area contributed by atoms with E-state index in [2.05, 4.69) is 29.9 Å². The maximum Gasteiger partial charge on any atom is 0.00851 e. The number of allylic oxidation sites excluding steroid dienone is 1. The van der Waals surface area contributed by atoms with Crippen LogP contribution in [0.1, 0.15) is 6.42 Å². The van der Waals surface area contributed by atoms with Crippen LogP contribution in [0, 0.1) is 18.4 Å². The van der Waals surface area contributed by atoms with Crippen LogP contribution >= 0.6 is 0 Å². The van der Waals surface area contributed by atoms with Crippen molar-refractivity contribution in [3.8, 4) is 0 Å². The molecule has 8 heavy (non-hydrogen) atoms. The highest BCUT2D eigenvalue weighted by atomic mass is 14.7. The molecule has 0 fully saturated rings. The van der Waals surface area contributed by atoms with Gasteiger partial charge in [-0.25, -0.2) is 0 Å². The summed E-state index contributed by atoms with van der Waals surface area (Å²) in [7, 11) is 0. The van der Waals surface area contributed by atoms with Crippen molar-refractivity contribution in [1.82, 2.24) is 0 Å². The molecule has 2 rings (SSSR count). The molecule has 2 unspecified atom stereocenters. The van der Waals surface area contributed by atoms with Crippen LogP contribution in [0.25, 0.3) is 0 Å². The maximum absolute atomic E-state index is 3.13. The normalized spacial score (nSPS) is 40.0. The van der Waals surface area contributed by atoms with E-state index in [0.717, 1.165) is 0 Å². The van der Waals surface area contributed by atoms with Gasteiger partial charge in [0.05, 0.1) is 0 Å². The monoisotopic (exact) mass is 107 g/mol. The molecule has 1 aliphatic carbocycles. The van der Waals surface area contributed by atoms with Gasteiger partial charge in [0, 0.05) is 12.8 Å².